The molecule has 0 bridgehead atoms. The van der Waals surface area contributed by atoms with E-state index >= 15 is 0 Å². The minimum Gasteiger partial charge on any atom is -0.177 e. The molecule has 0 aromatic rings. The highest BCUT2D eigenvalue weighted by atomic mass is 32.2. The minimum absolute atomic E-state index is 1.81. The second-order valence-corrected chi connectivity index (χ2v) is 2.06. The molecule has 1 aliphatic heterocycles. The van der Waals surface area contributed by atoms with Crippen molar-refractivity contribution < 1.29 is 8.42 Å². The van der Waals surface area contributed by atoms with Crippen molar-refractivity contribution in [3.05, 3.63) is 0 Å². The molecule has 0 spiro atoms. The van der Waals surface area contributed by atoms with E-state index in [9.17, 15) is 8.42 Å². The predicted octanol–water partition coefficient (Wildman–Crippen LogP) is -0.398. The van der Waals surface area contributed by atoms with E-state index in [4.69, 9.17) is 0 Å². The first kappa shape index (κ1) is 4.38. The van der Waals surface area contributed by atoms with E-state index < -0.39 is 10.2 Å². The Hall–Kier alpha value is -0.780. The zero-order valence-corrected chi connectivity index (χ0v) is 3.88. The molecule has 37 valence electrons. The van der Waals surface area contributed by atoms with Crippen LogP contribution in [0.3, 0.4) is 0 Å². The number of nitrogens with zero attached hydrogens (tertiary/aromatic N) is 3. The van der Waals surface area contributed by atoms with Crippen LogP contribution in [0.1, 0.15) is 0 Å². The van der Waals surface area contributed by atoms with Crippen molar-refractivity contribution in [2.75, 3.05) is 0 Å². The number of rotatable bonds is 0. The van der Waals surface area contributed by atoms with Gasteiger partial charge >= 0.3 is 10.2 Å². The van der Waals surface area contributed by atoms with Crippen molar-refractivity contribution >= 4 is 16.5 Å². The Morgan fingerprint density at radius 3 is 2.29 bits per heavy atom. The second kappa shape index (κ2) is 1.09. The SMILES string of the molecule is O=S1(=O)N=[C]N=N1. The smallest absolute Gasteiger partial charge is 0.177 e. The Bertz CT molecular complexity index is 193. The zero-order chi connectivity index (χ0) is 5.33. The third kappa shape index (κ3) is 0.801. The highest BCUT2D eigenvalue weighted by molar-refractivity contribution is 7.88. The molecule has 1 rings (SSSR count). The van der Waals surface area contributed by atoms with Gasteiger partial charge in [0.15, 0.2) is 0 Å². The zero-order valence-electron chi connectivity index (χ0n) is 3.07. The molecule has 5 nitrogen and oxygen atoms in total. The maximum atomic E-state index is 9.94. The van der Waals surface area contributed by atoms with Crippen LogP contribution in [-0.2, 0) is 10.2 Å². The third-order valence-electron chi connectivity index (χ3n) is 0.345. The molecule has 0 aromatic carbocycles. The van der Waals surface area contributed by atoms with Crippen molar-refractivity contribution in [3.63, 3.8) is 0 Å². The van der Waals surface area contributed by atoms with Gasteiger partial charge in [-0.1, -0.05) is 0 Å². The molecule has 0 N–H and O–H groups in total. The van der Waals surface area contributed by atoms with Crippen molar-refractivity contribution in [1.82, 2.24) is 0 Å². The van der Waals surface area contributed by atoms with Gasteiger partial charge in [0.25, 0.3) is 0 Å². The second-order valence-electron chi connectivity index (χ2n) is 0.821. The molecule has 0 aromatic heterocycles. The van der Waals surface area contributed by atoms with Gasteiger partial charge in [-0.05, 0) is 4.52 Å². The van der Waals surface area contributed by atoms with E-state index in [0.29, 0.717) is 0 Å². The molecular weight excluding hydrogens is 118 g/mol. The van der Waals surface area contributed by atoms with E-state index in [1.54, 1.807) is 0 Å². The molecule has 0 fully saturated rings. The quantitative estimate of drug-likeness (QED) is 0.434. The van der Waals surface area contributed by atoms with Crippen molar-refractivity contribution in [2.24, 2.45) is 14.0 Å². The average Bonchev–Trinajstić information content (AvgIpc) is 1.84. The Balaban J connectivity index is 3.25. The lowest BCUT2D eigenvalue weighted by Crippen LogP contribution is -1.80. The monoisotopic (exact) mass is 118 g/mol. The van der Waals surface area contributed by atoms with Gasteiger partial charge in [0, 0.05) is 0 Å². The molecule has 1 heterocycles. The van der Waals surface area contributed by atoms with Crippen LogP contribution in [0.5, 0.6) is 0 Å². The van der Waals surface area contributed by atoms with Gasteiger partial charge in [0.1, 0.15) is 0 Å². The summed E-state index contributed by atoms with van der Waals surface area (Å²) in [7, 11) is -3.57. The Morgan fingerprint density at radius 1 is 1.43 bits per heavy atom. The summed E-state index contributed by atoms with van der Waals surface area (Å²) in [5.41, 5.74) is 0. The molecule has 0 saturated carbocycles. The van der Waals surface area contributed by atoms with Crippen LogP contribution in [0.15, 0.2) is 14.0 Å². The fourth-order valence-corrected chi connectivity index (χ4v) is 0.474. The molecule has 1 aliphatic rings. The molecule has 0 aliphatic carbocycles. The lowest BCUT2D eigenvalue weighted by atomic mass is 11.4. The maximum absolute atomic E-state index is 9.94. The first-order chi connectivity index (χ1) is 3.21. The van der Waals surface area contributed by atoms with Gasteiger partial charge in [-0.2, -0.15) is 8.42 Å². The first-order valence-electron chi connectivity index (χ1n) is 1.35. The molecule has 7 heavy (non-hydrogen) atoms. The van der Waals surface area contributed by atoms with E-state index in [-0.39, 0.29) is 0 Å². The van der Waals surface area contributed by atoms with Crippen LogP contribution in [0.25, 0.3) is 0 Å². The van der Waals surface area contributed by atoms with Crippen LogP contribution < -0.4 is 0 Å². The lowest BCUT2D eigenvalue weighted by molar-refractivity contribution is 0.599. The Labute approximate surface area is 40.0 Å². The summed E-state index contributed by atoms with van der Waals surface area (Å²) in [6.45, 7) is 0. The predicted molar refractivity (Wildman–Crippen MR) is 21.2 cm³/mol. The number of hydrogen-bond acceptors (Lipinski definition) is 3. The van der Waals surface area contributed by atoms with Gasteiger partial charge in [0.05, 0.1) is 0 Å². The van der Waals surface area contributed by atoms with Crippen LogP contribution >= 0.6 is 0 Å². The summed E-state index contributed by atoms with van der Waals surface area (Å²) in [6.07, 6.45) is 1.81. The van der Waals surface area contributed by atoms with Gasteiger partial charge < -0.3 is 0 Å². The molecule has 0 saturated heterocycles. The summed E-state index contributed by atoms with van der Waals surface area (Å²) >= 11 is 0. The molecule has 1 radical (unpaired) electrons. The maximum Gasteiger partial charge on any atom is 0.382 e. The molecule has 0 unspecified atom stereocenters. The summed E-state index contributed by atoms with van der Waals surface area (Å²) in [4.78, 5) is 0. The van der Waals surface area contributed by atoms with Crippen LogP contribution in [0, 0.1) is 0 Å². The van der Waals surface area contributed by atoms with Crippen LogP contribution in [0.2, 0.25) is 0 Å². The highest BCUT2D eigenvalue weighted by Gasteiger charge is 2.06. The first-order valence-corrected chi connectivity index (χ1v) is 2.74. The summed E-state index contributed by atoms with van der Waals surface area (Å²) < 4.78 is 25.3. The third-order valence-corrected chi connectivity index (χ3v) is 0.945. The van der Waals surface area contributed by atoms with E-state index in [0.717, 1.165) is 0 Å². The van der Waals surface area contributed by atoms with Crippen molar-refractivity contribution in [2.45, 2.75) is 0 Å². The summed E-state index contributed by atoms with van der Waals surface area (Å²) in [5, 5.41) is 2.86. The van der Waals surface area contributed by atoms with E-state index in [1.807, 2.05) is 6.34 Å². The molecular formula is CN3O2S. The normalized spacial score (nSPS) is 23.4. The molecule has 0 amide bonds. The summed E-state index contributed by atoms with van der Waals surface area (Å²) in [6, 6.07) is 0. The van der Waals surface area contributed by atoms with E-state index in [1.165, 1.54) is 0 Å². The molecule has 0 atom stereocenters. The minimum atomic E-state index is -3.57. The Morgan fingerprint density at radius 2 is 2.14 bits per heavy atom. The Kier molecular flexibility index (Phi) is 0.684. The fraction of sp³-hybridized carbons (Fsp3) is 0. The van der Waals surface area contributed by atoms with Crippen molar-refractivity contribution in [1.29, 1.82) is 0 Å². The summed E-state index contributed by atoms with van der Waals surface area (Å²) in [5.74, 6) is 0. The van der Waals surface area contributed by atoms with E-state index in [2.05, 4.69) is 14.0 Å². The van der Waals surface area contributed by atoms with Gasteiger partial charge in [-0.25, -0.2) is 0 Å². The van der Waals surface area contributed by atoms with Crippen molar-refractivity contribution in [3.8, 4) is 0 Å². The van der Waals surface area contributed by atoms with Gasteiger partial charge in [-0.15, -0.1) is 9.51 Å². The molecule has 6 heteroatoms. The van der Waals surface area contributed by atoms with Crippen LogP contribution in [0.4, 0.5) is 0 Å². The lowest BCUT2D eigenvalue weighted by Gasteiger charge is -1.68. The highest BCUT2D eigenvalue weighted by Crippen LogP contribution is 1.98. The standard InChI is InChI=1S/CN3O2S/c5-7(6)3-1-2-4-7. The largest absolute Gasteiger partial charge is 0.382 e. The number of hydrogen-bond donors (Lipinski definition) is 0. The fourth-order valence-electron chi connectivity index (χ4n) is 0.158. The van der Waals surface area contributed by atoms with Crippen LogP contribution in [-0.4, -0.2) is 14.8 Å². The topological polar surface area (TPSA) is 71.2 Å². The van der Waals surface area contributed by atoms with Gasteiger partial charge in [-0.3, -0.25) is 0 Å². The average molecular weight is 118 g/mol. The van der Waals surface area contributed by atoms with Gasteiger partial charge in [0.2, 0.25) is 6.34 Å².